The fraction of sp³-hybridized carbons (Fsp3) is 0.636. The largest absolute Gasteiger partial charge is 0.433 e. The Morgan fingerprint density at radius 3 is 2.50 bits per heavy atom. The maximum Gasteiger partial charge on any atom is 0.433 e. The molecule has 0 aliphatic carbocycles. The van der Waals surface area contributed by atoms with Crippen LogP contribution in [0.1, 0.15) is 26.0 Å². The van der Waals surface area contributed by atoms with Gasteiger partial charge in [0.25, 0.3) is 0 Å². The smallest absolute Gasteiger partial charge is 0.368 e. The topological polar surface area (TPSA) is 55.0 Å². The number of alkyl halides is 3. The fourth-order valence-corrected chi connectivity index (χ4v) is 2.07. The van der Waals surface area contributed by atoms with Crippen LogP contribution in [-0.4, -0.2) is 23.1 Å². The summed E-state index contributed by atoms with van der Waals surface area (Å²) in [5, 5.41) is 0. The average molecular weight is 260 g/mol. The number of nitrogens with zero attached hydrogens (tertiary/aromatic N) is 3. The zero-order valence-corrected chi connectivity index (χ0v) is 10.3. The summed E-state index contributed by atoms with van der Waals surface area (Å²) in [6, 6.07) is 0.956. The van der Waals surface area contributed by atoms with Crippen molar-refractivity contribution in [3.05, 3.63) is 11.8 Å². The van der Waals surface area contributed by atoms with Crippen LogP contribution in [0, 0.1) is 5.41 Å². The highest BCUT2D eigenvalue weighted by molar-refractivity contribution is 5.45. The van der Waals surface area contributed by atoms with Crippen LogP contribution in [0.25, 0.3) is 0 Å². The van der Waals surface area contributed by atoms with Gasteiger partial charge in [-0.2, -0.15) is 18.2 Å². The van der Waals surface area contributed by atoms with E-state index < -0.39 is 11.9 Å². The van der Waals surface area contributed by atoms with Gasteiger partial charge in [-0.15, -0.1) is 0 Å². The highest BCUT2D eigenvalue weighted by atomic mass is 19.4. The summed E-state index contributed by atoms with van der Waals surface area (Å²) < 4.78 is 37.9. The molecule has 100 valence electrons. The summed E-state index contributed by atoms with van der Waals surface area (Å²) in [6.07, 6.45) is -3.58. The molecule has 1 aromatic heterocycles. The lowest BCUT2D eigenvalue weighted by molar-refractivity contribution is -0.141. The Kier molecular flexibility index (Phi) is 2.87. The molecule has 0 atom stereocenters. The standard InChI is InChI=1S/C11H15F3N4/c1-10(2)3-4-18(6-10)8-5-7(11(12,13)14)16-9(15)17-8/h5H,3-4,6H2,1-2H3,(H2,15,16,17). The normalized spacial score (nSPS) is 19.3. The molecular formula is C11H15F3N4. The number of nitrogens with two attached hydrogens (primary N) is 1. The van der Waals surface area contributed by atoms with Crippen molar-refractivity contribution in [1.82, 2.24) is 9.97 Å². The van der Waals surface area contributed by atoms with E-state index in [9.17, 15) is 13.2 Å². The first-order valence-corrected chi connectivity index (χ1v) is 5.64. The number of hydrogen-bond acceptors (Lipinski definition) is 4. The van der Waals surface area contributed by atoms with Crippen LogP contribution in [0.5, 0.6) is 0 Å². The third kappa shape index (κ3) is 2.65. The van der Waals surface area contributed by atoms with Gasteiger partial charge in [-0.05, 0) is 11.8 Å². The van der Waals surface area contributed by atoms with Crippen molar-refractivity contribution < 1.29 is 13.2 Å². The number of hydrogen-bond donors (Lipinski definition) is 1. The van der Waals surface area contributed by atoms with Crippen LogP contribution in [0.4, 0.5) is 24.9 Å². The van der Waals surface area contributed by atoms with Gasteiger partial charge in [-0.1, -0.05) is 13.8 Å². The predicted octanol–water partition coefficient (Wildman–Crippen LogP) is 2.31. The van der Waals surface area contributed by atoms with Crippen molar-refractivity contribution >= 4 is 11.8 Å². The second-order valence-corrected chi connectivity index (χ2v) is 5.30. The Morgan fingerprint density at radius 2 is 2.00 bits per heavy atom. The van der Waals surface area contributed by atoms with E-state index in [1.165, 1.54) is 0 Å². The predicted molar refractivity (Wildman–Crippen MR) is 62.1 cm³/mol. The van der Waals surface area contributed by atoms with E-state index in [0.29, 0.717) is 13.1 Å². The maximum atomic E-state index is 12.6. The monoisotopic (exact) mass is 260 g/mol. The lowest BCUT2D eigenvalue weighted by atomic mass is 9.93. The number of halogens is 3. The summed E-state index contributed by atoms with van der Waals surface area (Å²) in [5.41, 5.74) is 4.43. The third-order valence-corrected chi connectivity index (χ3v) is 3.02. The molecule has 0 saturated carbocycles. The van der Waals surface area contributed by atoms with Gasteiger partial charge >= 0.3 is 6.18 Å². The van der Waals surface area contributed by atoms with Gasteiger partial charge in [-0.3, -0.25) is 0 Å². The second kappa shape index (κ2) is 4.00. The first-order valence-electron chi connectivity index (χ1n) is 5.64. The summed E-state index contributed by atoms with van der Waals surface area (Å²) in [7, 11) is 0. The van der Waals surface area contributed by atoms with E-state index in [0.717, 1.165) is 12.5 Å². The molecular weight excluding hydrogens is 245 g/mol. The van der Waals surface area contributed by atoms with Crippen molar-refractivity contribution in [3.63, 3.8) is 0 Å². The van der Waals surface area contributed by atoms with E-state index in [2.05, 4.69) is 23.8 Å². The fourth-order valence-electron chi connectivity index (χ4n) is 2.07. The van der Waals surface area contributed by atoms with Crippen LogP contribution in [0.2, 0.25) is 0 Å². The maximum absolute atomic E-state index is 12.6. The van der Waals surface area contributed by atoms with Gasteiger partial charge in [0.1, 0.15) is 5.82 Å². The van der Waals surface area contributed by atoms with Crippen LogP contribution < -0.4 is 10.6 Å². The molecule has 7 heteroatoms. The number of nitrogen functional groups attached to an aromatic ring is 1. The summed E-state index contributed by atoms with van der Waals surface area (Å²) in [4.78, 5) is 8.93. The Hall–Kier alpha value is -1.53. The van der Waals surface area contributed by atoms with Gasteiger partial charge in [0.2, 0.25) is 5.95 Å². The molecule has 1 aliphatic rings. The third-order valence-electron chi connectivity index (χ3n) is 3.02. The highest BCUT2D eigenvalue weighted by Crippen LogP contribution is 2.34. The minimum atomic E-state index is -4.50. The van der Waals surface area contributed by atoms with Gasteiger partial charge < -0.3 is 10.6 Å². The quantitative estimate of drug-likeness (QED) is 0.842. The lowest BCUT2D eigenvalue weighted by Crippen LogP contribution is -2.25. The van der Waals surface area contributed by atoms with Crippen molar-refractivity contribution in [1.29, 1.82) is 0 Å². The van der Waals surface area contributed by atoms with Crippen LogP contribution in [-0.2, 0) is 6.18 Å². The molecule has 4 nitrogen and oxygen atoms in total. The minimum absolute atomic E-state index is 0.0815. The number of aromatic nitrogens is 2. The van der Waals surface area contributed by atoms with E-state index in [-0.39, 0.29) is 17.2 Å². The van der Waals surface area contributed by atoms with Crippen LogP contribution >= 0.6 is 0 Å². The van der Waals surface area contributed by atoms with Crippen molar-refractivity contribution in [2.45, 2.75) is 26.4 Å². The summed E-state index contributed by atoms with van der Waals surface area (Å²) in [5.74, 6) is -0.0927. The van der Waals surface area contributed by atoms with Crippen LogP contribution in [0.15, 0.2) is 6.07 Å². The molecule has 2 rings (SSSR count). The zero-order chi connectivity index (χ0) is 13.6. The summed E-state index contributed by atoms with van der Waals surface area (Å²) >= 11 is 0. The SMILES string of the molecule is CC1(C)CCN(c2cc(C(F)(F)F)nc(N)n2)C1. The van der Waals surface area contributed by atoms with E-state index in [4.69, 9.17) is 5.73 Å². The van der Waals surface area contributed by atoms with Gasteiger partial charge in [0, 0.05) is 19.2 Å². The molecule has 2 heterocycles. The molecule has 18 heavy (non-hydrogen) atoms. The zero-order valence-electron chi connectivity index (χ0n) is 10.3. The first kappa shape index (κ1) is 12.9. The molecule has 0 unspecified atom stereocenters. The Morgan fingerprint density at radius 1 is 1.33 bits per heavy atom. The molecule has 0 amide bonds. The minimum Gasteiger partial charge on any atom is -0.368 e. The first-order chi connectivity index (χ1) is 8.17. The molecule has 0 spiro atoms. The molecule has 1 aliphatic heterocycles. The van der Waals surface area contributed by atoms with E-state index in [1.807, 2.05) is 4.90 Å². The van der Waals surface area contributed by atoms with Gasteiger partial charge in [0.15, 0.2) is 5.69 Å². The van der Waals surface area contributed by atoms with Crippen molar-refractivity contribution in [2.75, 3.05) is 23.7 Å². The van der Waals surface area contributed by atoms with Crippen LogP contribution in [0.3, 0.4) is 0 Å². The Balaban J connectivity index is 2.32. The van der Waals surface area contributed by atoms with E-state index in [1.54, 1.807) is 0 Å². The van der Waals surface area contributed by atoms with Crippen molar-refractivity contribution in [3.8, 4) is 0 Å². The average Bonchev–Trinajstić information content (AvgIpc) is 2.56. The molecule has 1 fully saturated rings. The molecule has 0 aromatic carbocycles. The van der Waals surface area contributed by atoms with Gasteiger partial charge in [-0.25, -0.2) is 4.98 Å². The molecule has 2 N–H and O–H groups in total. The molecule has 0 radical (unpaired) electrons. The highest BCUT2D eigenvalue weighted by Gasteiger charge is 2.35. The number of anilines is 2. The molecule has 1 saturated heterocycles. The molecule has 1 aromatic rings. The number of rotatable bonds is 1. The second-order valence-electron chi connectivity index (χ2n) is 5.30. The summed E-state index contributed by atoms with van der Waals surface area (Å²) in [6.45, 7) is 5.49. The Bertz CT molecular complexity index is 456. The lowest BCUT2D eigenvalue weighted by Gasteiger charge is -2.21. The molecule has 0 bridgehead atoms. The van der Waals surface area contributed by atoms with Crippen molar-refractivity contribution in [2.24, 2.45) is 5.41 Å². The van der Waals surface area contributed by atoms with Gasteiger partial charge in [0.05, 0.1) is 0 Å². The Labute approximate surface area is 103 Å². The van der Waals surface area contributed by atoms with E-state index >= 15 is 0 Å².